The van der Waals surface area contributed by atoms with Crippen molar-refractivity contribution < 1.29 is 9.90 Å². The Hall–Kier alpha value is -4.42. The van der Waals surface area contributed by atoms with Gasteiger partial charge in [-0.2, -0.15) is 0 Å². The summed E-state index contributed by atoms with van der Waals surface area (Å²) in [6, 6.07) is 30.0. The first-order valence-corrected chi connectivity index (χ1v) is 13.9. The number of carbonyl (C=O) groups excluding carboxylic acids is 1. The molecule has 1 heterocycles. The Balaban J connectivity index is 1.37. The quantitative estimate of drug-likeness (QED) is 0.173. The zero-order valence-electron chi connectivity index (χ0n) is 22.7. The van der Waals surface area contributed by atoms with E-state index in [4.69, 9.17) is 0 Å². The van der Waals surface area contributed by atoms with Gasteiger partial charge in [-0.1, -0.05) is 60.7 Å². The van der Waals surface area contributed by atoms with Crippen LogP contribution in [0.4, 0.5) is 17.1 Å². The van der Waals surface area contributed by atoms with E-state index in [0.29, 0.717) is 25.9 Å². The maximum Gasteiger partial charge on any atom is 0.245 e. The van der Waals surface area contributed by atoms with Gasteiger partial charge in [0.15, 0.2) is 0 Å². The molecule has 4 aromatic rings. The van der Waals surface area contributed by atoms with Gasteiger partial charge in [-0.3, -0.25) is 9.78 Å². The van der Waals surface area contributed by atoms with Gasteiger partial charge in [0.25, 0.3) is 0 Å². The molecule has 1 unspecified atom stereocenters. The molecular formula is C34H36N4O2. The Morgan fingerprint density at radius 3 is 2.33 bits per heavy atom. The summed E-state index contributed by atoms with van der Waals surface area (Å²) < 4.78 is 0. The fraction of sp³-hybridized carbons (Fsp3) is 0.235. The second kappa shape index (κ2) is 13.6. The minimum atomic E-state index is -0.436. The number of hydrogen-bond acceptors (Lipinski definition) is 5. The van der Waals surface area contributed by atoms with E-state index in [2.05, 4.69) is 58.1 Å². The fourth-order valence-corrected chi connectivity index (χ4v) is 5.13. The second-order valence-corrected chi connectivity index (χ2v) is 10.1. The first kappa shape index (κ1) is 27.2. The van der Waals surface area contributed by atoms with Gasteiger partial charge in [0.1, 0.15) is 6.04 Å². The molecule has 5 rings (SSSR count). The van der Waals surface area contributed by atoms with Crippen LogP contribution in [0.3, 0.4) is 0 Å². The summed E-state index contributed by atoms with van der Waals surface area (Å²) in [7, 11) is 0. The van der Waals surface area contributed by atoms with Gasteiger partial charge in [-0.05, 0) is 77.9 Å². The van der Waals surface area contributed by atoms with E-state index in [9.17, 15) is 9.90 Å². The Bertz CT molecular complexity index is 1410. The molecule has 3 N–H and O–H groups in total. The Morgan fingerprint density at radius 1 is 0.850 bits per heavy atom. The van der Waals surface area contributed by atoms with Crippen LogP contribution >= 0.6 is 0 Å². The smallest absolute Gasteiger partial charge is 0.245 e. The summed E-state index contributed by atoms with van der Waals surface area (Å²) in [6.07, 6.45) is 8.67. The summed E-state index contributed by atoms with van der Waals surface area (Å²) in [6.45, 7) is 1.25. The van der Waals surface area contributed by atoms with Gasteiger partial charge < -0.3 is 20.6 Å². The average molecular weight is 533 g/mol. The van der Waals surface area contributed by atoms with E-state index < -0.39 is 6.04 Å². The minimum Gasteiger partial charge on any atom is -0.396 e. The van der Waals surface area contributed by atoms with Crippen LogP contribution in [0.5, 0.6) is 0 Å². The molecule has 1 aromatic heterocycles. The zero-order valence-corrected chi connectivity index (χ0v) is 22.7. The van der Waals surface area contributed by atoms with Crippen LogP contribution in [0.2, 0.25) is 0 Å². The van der Waals surface area contributed by atoms with Gasteiger partial charge in [0.05, 0.1) is 0 Å². The average Bonchev–Trinajstić information content (AvgIpc) is 3.41. The molecule has 0 radical (unpaired) electrons. The second-order valence-electron chi connectivity index (χ2n) is 10.1. The molecule has 40 heavy (non-hydrogen) atoms. The van der Waals surface area contributed by atoms with Crippen molar-refractivity contribution in [1.29, 1.82) is 0 Å². The number of aromatic nitrogens is 1. The summed E-state index contributed by atoms with van der Waals surface area (Å²) in [5, 5.41) is 16.3. The molecule has 0 aliphatic heterocycles. The predicted octanol–water partition coefficient (Wildman–Crippen LogP) is 6.44. The first-order valence-electron chi connectivity index (χ1n) is 13.9. The number of amides is 1. The molecule has 6 heteroatoms. The van der Waals surface area contributed by atoms with Crippen LogP contribution < -0.4 is 10.6 Å². The number of benzene rings is 3. The van der Waals surface area contributed by atoms with Crippen molar-refractivity contribution in [2.45, 2.75) is 38.3 Å². The van der Waals surface area contributed by atoms with Gasteiger partial charge in [-0.25, -0.2) is 0 Å². The summed E-state index contributed by atoms with van der Waals surface area (Å²) in [5.41, 5.74) is 7.65. The number of aliphatic hydroxyl groups excluding tert-OH is 1. The number of nitrogens with one attached hydrogen (secondary N) is 2. The third kappa shape index (κ3) is 7.16. The van der Waals surface area contributed by atoms with E-state index in [-0.39, 0.29) is 12.5 Å². The topological polar surface area (TPSA) is 77.5 Å². The van der Waals surface area contributed by atoms with Crippen molar-refractivity contribution in [1.82, 2.24) is 9.88 Å². The molecule has 1 aliphatic carbocycles. The van der Waals surface area contributed by atoms with Crippen LogP contribution in [0, 0.1) is 0 Å². The highest BCUT2D eigenvalue weighted by molar-refractivity contribution is 5.88. The highest BCUT2D eigenvalue weighted by Crippen LogP contribution is 2.32. The van der Waals surface area contributed by atoms with Crippen molar-refractivity contribution in [2.75, 3.05) is 23.8 Å². The number of hydrogen-bond donors (Lipinski definition) is 3. The van der Waals surface area contributed by atoms with Crippen LogP contribution in [-0.4, -0.2) is 40.1 Å². The normalized spacial score (nSPS) is 12.8. The van der Waals surface area contributed by atoms with Gasteiger partial charge in [-0.15, -0.1) is 0 Å². The standard InChI is InChI=1S/C34H36N4O2/c39-23-7-6-22-38(25-26-8-2-1-3-9-26)34(40)33(24-28-13-12-27-10-4-5-11-32(27)28)37-30-16-14-29(15-17-30)36-31-18-20-35-21-19-31/h1-5,8-11,13-21,33,37,39H,6-7,12,22-25H2,(H,35,36). The molecule has 6 nitrogen and oxygen atoms in total. The number of nitrogens with zero attached hydrogens (tertiary/aromatic N) is 2. The number of unbranched alkanes of at least 4 members (excludes halogenated alkanes) is 1. The number of fused-ring (bicyclic) bond motifs is 1. The highest BCUT2D eigenvalue weighted by atomic mass is 16.3. The number of pyridine rings is 1. The van der Waals surface area contributed by atoms with E-state index in [1.165, 1.54) is 16.7 Å². The van der Waals surface area contributed by atoms with Crippen molar-refractivity contribution in [3.63, 3.8) is 0 Å². The molecule has 0 fully saturated rings. The monoisotopic (exact) mass is 532 g/mol. The predicted molar refractivity (Wildman–Crippen MR) is 162 cm³/mol. The molecule has 0 saturated heterocycles. The lowest BCUT2D eigenvalue weighted by molar-refractivity contribution is -0.132. The molecule has 0 bridgehead atoms. The molecule has 3 aromatic carbocycles. The third-order valence-corrected chi connectivity index (χ3v) is 7.21. The zero-order chi connectivity index (χ0) is 27.6. The Kier molecular flexibility index (Phi) is 9.22. The summed E-state index contributed by atoms with van der Waals surface area (Å²) in [5.74, 6) is 0.0612. The number of aliphatic hydroxyl groups is 1. The fourth-order valence-electron chi connectivity index (χ4n) is 5.13. The van der Waals surface area contributed by atoms with E-state index >= 15 is 0 Å². The number of allylic oxidation sites excluding steroid dienone is 1. The molecule has 1 aliphatic rings. The lowest BCUT2D eigenvalue weighted by atomic mass is 9.98. The minimum absolute atomic E-state index is 0.0612. The molecule has 1 amide bonds. The van der Waals surface area contributed by atoms with Crippen LogP contribution in [0.15, 0.2) is 109 Å². The Labute approximate surface area is 236 Å². The van der Waals surface area contributed by atoms with Crippen molar-refractivity contribution >= 4 is 28.5 Å². The number of anilines is 3. The lowest BCUT2D eigenvalue weighted by Gasteiger charge is -2.29. The molecule has 0 spiro atoms. The largest absolute Gasteiger partial charge is 0.396 e. The van der Waals surface area contributed by atoms with Gasteiger partial charge in [0, 0.05) is 55.6 Å². The first-order chi connectivity index (χ1) is 19.7. The maximum atomic E-state index is 14.2. The third-order valence-electron chi connectivity index (χ3n) is 7.21. The van der Waals surface area contributed by atoms with E-state index in [0.717, 1.165) is 35.5 Å². The van der Waals surface area contributed by atoms with Crippen LogP contribution in [0.1, 0.15) is 36.0 Å². The SMILES string of the molecule is O=C(C(CC1=CCc2ccccc21)Nc1ccc(Nc2ccncc2)cc1)N(CCCCO)Cc1ccccc1. The molecule has 1 atom stereocenters. The van der Waals surface area contributed by atoms with Crippen molar-refractivity contribution in [3.05, 3.63) is 126 Å². The van der Waals surface area contributed by atoms with Crippen LogP contribution in [-0.2, 0) is 17.8 Å². The van der Waals surface area contributed by atoms with Crippen molar-refractivity contribution in [2.24, 2.45) is 0 Å². The maximum absolute atomic E-state index is 14.2. The number of carbonyl (C=O) groups is 1. The van der Waals surface area contributed by atoms with Crippen LogP contribution in [0.25, 0.3) is 5.57 Å². The Morgan fingerprint density at radius 2 is 1.55 bits per heavy atom. The van der Waals surface area contributed by atoms with Gasteiger partial charge in [0.2, 0.25) is 5.91 Å². The highest BCUT2D eigenvalue weighted by Gasteiger charge is 2.27. The van der Waals surface area contributed by atoms with Gasteiger partial charge >= 0.3 is 0 Å². The van der Waals surface area contributed by atoms with Crippen molar-refractivity contribution in [3.8, 4) is 0 Å². The lowest BCUT2D eigenvalue weighted by Crippen LogP contribution is -2.43. The summed E-state index contributed by atoms with van der Waals surface area (Å²) >= 11 is 0. The molecule has 0 saturated carbocycles. The summed E-state index contributed by atoms with van der Waals surface area (Å²) in [4.78, 5) is 20.2. The molecule has 204 valence electrons. The van der Waals surface area contributed by atoms with E-state index in [1.54, 1.807) is 12.4 Å². The number of rotatable bonds is 13. The van der Waals surface area contributed by atoms with E-state index in [1.807, 2.05) is 59.5 Å². The molecular weight excluding hydrogens is 496 g/mol.